The molecule has 1 N–H and O–H groups in total. The number of pyridine rings is 1. The average Bonchev–Trinajstić information content (AvgIpc) is 2.82. The minimum absolute atomic E-state index is 0.00935. The van der Waals surface area contributed by atoms with Gasteiger partial charge in [0.1, 0.15) is 18.0 Å². The number of aromatic nitrogens is 1. The zero-order chi connectivity index (χ0) is 25.1. The lowest BCUT2D eigenvalue weighted by Crippen LogP contribution is -2.22. The van der Waals surface area contributed by atoms with Crippen molar-refractivity contribution in [2.75, 3.05) is 5.32 Å². The monoisotopic (exact) mass is 537 g/mol. The van der Waals surface area contributed by atoms with Crippen molar-refractivity contribution in [2.24, 2.45) is 4.99 Å². The van der Waals surface area contributed by atoms with E-state index in [1.54, 1.807) is 62.5 Å². The van der Waals surface area contributed by atoms with E-state index in [4.69, 9.17) is 9.15 Å². The highest BCUT2D eigenvalue weighted by atomic mass is 79.9. The first-order valence-electron chi connectivity index (χ1n) is 10.6. The van der Waals surface area contributed by atoms with Crippen molar-refractivity contribution in [3.8, 4) is 0 Å². The summed E-state index contributed by atoms with van der Waals surface area (Å²) >= 11 is 3.37. The lowest BCUT2D eigenvalue weighted by atomic mass is 10.1. The number of aryl methyl sites for hydroxylation is 2. The average molecular weight is 538 g/mol. The normalized spacial score (nSPS) is 11.5. The zero-order valence-electron chi connectivity index (χ0n) is 19.2. The summed E-state index contributed by atoms with van der Waals surface area (Å²) in [7, 11) is 0. The Kier molecular flexibility index (Phi) is 7.07. The van der Waals surface area contributed by atoms with Crippen molar-refractivity contribution in [1.82, 2.24) is 4.98 Å². The molecule has 0 aliphatic heterocycles. The number of nitrogens with zero attached hydrogens (tertiary/aromatic N) is 2. The molecule has 2 aromatic carbocycles. The number of nitrogens with one attached hydrogen (secondary N) is 1. The SMILES string of the molecule is CC(=O)OCc1cnc(C)c2oc(=Nc3ccc(C)c(F)c3)c(C(=O)Nc3ccc(Br)cc3)cc12. The van der Waals surface area contributed by atoms with Gasteiger partial charge in [0.15, 0.2) is 5.58 Å². The number of amides is 1. The Morgan fingerprint density at radius 1 is 1.14 bits per heavy atom. The molecule has 0 aliphatic carbocycles. The summed E-state index contributed by atoms with van der Waals surface area (Å²) in [6, 6.07) is 13.2. The summed E-state index contributed by atoms with van der Waals surface area (Å²) in [5.41, 5.74) is 2.94. The van der Waals surface area contributed by atoms with E-state index in [0.717, 1.165) is 4.47 Å². The number of fused-ring (bicyclic) bond motifs is 1. The first kappa shape index (κ1) is 24.3. The minimum atomic E-state index is -0.475. The molecule has 178 valence electrons. The van der Waals surface area contributed by atoms with Crippen LogP contribution in [0.5, 0.6) is 0 Å². The lowest BCUT2D eigenvalue weighted by Gasteiger charge is -2.11. The van der Waals surface area contributed by atoms with E-state index >= 15 is 0 Å². The van der Waals surface area contributed by atoms with Crippen LogP contribution in [-0.2, 0) is 16.1 Å². The van der Waals surface area contributed by atoms with Gasteiger partial charge in [-0.1, -0.05) is 22.0 Å². The van der Waals surface area contributed by atoms with Gasteiger partial charge in [-0.15, -0.1) is 0 Å². The largest absolute Gasteiger partial charge is 0.461 e. The van der Waals surface area contributed by atoms with Gasteiger partial charge in [0, 0.05) is 34.2 Å². The van der Waals surface area contributed by atoms with Crippen molar-refractivity contribution >= 4 is 50.2 Å². The number of rotatable bonds is 5. The maximum absolute atomic E-state index is 14.2. The molecule has 2 aromatic heterocycles. The second-order valence-corrected chi connectivity index (χ2v) is 8.78. The summed E-state index contributed by atoms with van der Waals surface area (Å²) in [6.45, 7) is 4.67. The van der Waals surface area contributed by atoms with Crippen molar-refractivity contribution in [1.29, 1.82) is 0 Å². The van der Waals surface area contributed by atoms with Crippen molar-refractivity contribution in [3.63, 3.8) is 0 Å². The highest BCUT2D eigenvalue weighted by molar-refractivity contribution is 9.10. The fourth-order valence-electron chi connectivity index (χ4n) is 3.33. The summed E-state index contributed by atoms with van der Waals surface area (Å²) in [4.78, 5) is 33.4. The van der Waals surface area contributed by atoms with Gasteiger partial charge >= 0.3 is 5.97 Å². The van der Waals surface area contributed by atoms with Gasteiger partial charge in [-0.3, -0.25) is 14.6 Å². The predicted octanol–water partition coefficient (Wildman–Crippen LogP) is 5.89. The Hall–Kier alpha value is -3.85. The first-order valence-corrected chi connectivity index (χ1v) is 11.4. The fraction of sp³-hybridized carbons (Fsp3) is 0.154. The number of anilines is 1. The molecule has 0 atom stereocenters. The number of hydrogen-bond donors (Lipinski definition) is 1. The van der Waals surface area contributed by atoms with E-state index in [-0.39, 0.29) is 23.4 Å². The zero-order valence-corrected chi connectivity index (χ0v) is 20.8. The van der Waals surface area contributed by atoms with Crippen LogP contribution in [0, 0.1) is 19.7 Å². The number of benzene rings is 2. The molecule has 4 rings (SSSR count). The number of ether oxygens (including phenoxy) is 1. The number of halogens is 2. The molecule has 0 bridgehead atoms. The molecule has 0 unspecified atom stereocenters. The van der Waals surface area contributed by atoms with Crippen LogP contribution in [0.4, 0.5) is 15.8 Å². The number of esters is 1. The van der Waals surface area contributed by atoms with E-state index in [1.165, 1.54) is 13.0 Å². The summed E-state index contributed by atoms with van der Waals surface area (Å²) < 4.78 is 26.2. The summed E-state index contributed by atoms with van der Waals surface area (Å²) in [6.07, 6.45) is 1.57. The Bertz CT molecular complexity index is 1510. The third-order valence-corrected chi connectivity index (χ3v) is 5.74. The Morgan fingerprint density at radius 2 is 1.89 bits per heavy atom. The molecular formula is C26H21BrFN3O4. The van der Waals surface area contributed by atoms with E-state index in [9.17, 15) is 14.0 Å². The van der Waals surface area contributed by atoms with Crippen molar-refractivity contribution in [3.05, 3.63) is 93.0 Å². The van der Waals surface area contributed by atoms with Gasteiger partial charge < -0.3 is 14.5 Å². The molecule has 0 spiro atoms. The summed E-state index contributed by atoms with van der Waals surface area (Å²) in [5, 5.41) is 3.38. The van der Waals surface area contributed by atoms with E-state index in [0.29, 0.717) is 33.5 Å². The third-order valence-electron chi connectivity index (χ3n) is 5.21. The standard InChI is InChI=1S/C26H21BrFN3O4/c1-14-4-7-20(10-23(14)28)31-26-22(25(33)30-19-8-5-18(27)6-9-19)11-21-17(13-34-16(3)32)12-29-15(2)24(21)35-26/h4-12H,13H2,1-3H3,(H,30,33). The van der Waals surface area contributed by atoms with Crippen LogP contribution in [0.3, 0.4) is 0 Å². The number of carbonyl (C=O) groups excluding carboxylic acids is 2. The second-order valence-electron chi connectivity index (χ2n) is 7.86. The molecule has 0 fully saturated rings. The topological polar surface area (TPSA) is 93.8 Å². The van der Waals surface area contributed by atoms with Crippen molar-refractivity contribution in [2.45, 2.75) is 27.4 Å². The van der Waals surface area contributed by atoms with Crippen LogP contribution in [0.2, 0.25) is 0 Å². The van der Waals surface area contributed by atoms with E-state index in [2.05, 4.69) is 31.2 Å². The van der Waals surface area contributed by atoms with Gasteiger partial charge in [-0.25, -0.2) is 9.38 Å². The molecule has 4 aromatic rings. The van der Waals surface area contributed by atoms with Gasteiger partial charge in [0.25, 0.3) is 5.91 Å². The van der Waals surface area contributed by atoms with Gasteiger partial charge in [0.2, 0.25) is 5.55 Å². The Labute approximate surface area is 208 Å². The number of hydrogen-bond acceptors (Lipinski definition) is 6. The molecule has 0 aliphatic rings. The molecular weight excluding hydrogens is 517 g/mol. The molecule has 9 heteroatoms. The van der Waals surface area contributed by atoms with Gasteiger partial charge in [-0.05, 0) is 61.9 Å². The fourth-order valence-corrected chi connectivity index (χ4v) is 3.59. The third kappa shape index (κ3) is 5.63. The smallest absolute Gasteiger partial charge is 0.302 e. The van der Waals surface area contributed by atoms with Gasteiger partial charge in [0.05, 0.1) is 11.4 Å². The first-order chi connectivity index (χ1) is 16.7. The highest BCUT2D eigenvalue weighted by Crippen LogP contribution is 2.23. The molecule has 0 saturated carbocycles. The molecule has 0 radical (unpaired) electrons. The van der Waals surface area contributed by atoms with Crippen LogP contribution in [0.1, 0.15) is 34.1 Å². The molecule has 1 amide bonds. The van der Waals surface area contributed by atoms with Crippen LogP contribution in [0.15, 0.2) is 68.6 Å². The minimum Gasteiger partial charge on any atom is -0.461 e. The summed E-state index contributed by atoms with van der Waals surface area (Å²) in [5.74, 6) is -1.34. The molecule has 7 nitrogen and oxygen atoms in total. The molecule has 0 saturated heterocycles. The Morgan fingerprint density at radius 3 is 2.57 bits per heavy atom. The van der Waals surface area contributed by atoms with Crippen molar-refractivity contribution < 1.29 is 23.1 Å². The van der Waals surface area contributed by atoms with Crippen LogP contribution in [-0.4, -0.2) is 16.9 Å². The Balaban J connectivity index is 1.90. The van der Waals surface area contributed by atoms with E-state index in [1.807, 2.05) is 0 Å². The molecule has 2 heterocycles. The maximum Gasteiger partial charge on any atom is 0.302 e. The molecule has 35 heavy (non-hydrogen) atoms. The number of carbonyl (C=O) groups is 2. The highest BCUT2D eigenvalue weighted by Gasteiger charge is 2.17. The van der Waals surface area contributed by atoms with Crippen LogP contribution < -0.4 is 10.9 Å². The van der Waals surface area contributed by atoms with E-state index < -0.39 is 17.7 Å². The van der Waals surface area contributed by atoms with Gasteiger partial charge in [-0.2, -0.15) is 0 Å². The lowest BCUT2D eigenvalue weighted by molar-refractivity contribution is -0.142. The van der Waals surface area contributed by atoms with Crippen LogP contribution >= 0.6 is 15.9 Å². The van der Waals surface area contributed by atoms with Crippen LogP contribution in [0.25, 0.3) is 11.0 Å². The maximum atomic E-state index is 14.2. The quantitative estimate of drug-likeness (QED) is 0.320. The second kappa shape index (κ2) is 10.2. The predicted molar refractivity (Wildman–Crippen MR) is 133 cm³/mol.